The molecule has 0 bridgehead atoms. The highest BCUT2D eigenvalue weighted by Gasteiger charge is 2.09. The van der Waals surface area contributed by atoms with Gasteiger partial charge in [-0.2, -0.15) is 10.1 Å². The quantitative estimate of drug-likeness (QED) is 0.264. The van der Waals surface area contributed by atoms with E-state index >= 15 is 0 Å². The lowest BCUT2D eigenvalue weighted by Gasteiger charge is -2.05. The Morgan fingerprint density at radius 3 is 2.73 bits per heavy atom. The molecule has 0 radical (unpaired) electrons. The number of hydrazone groups is 1. The molecule has 5 aromatic rings. The van der Waals surface area contributed by atoms with E-state index in [9.17, 15) is 10.1 Å². The van der Waals surface area contributed by atoms with Gasteiger partial charge in [0.2, 0.25) is 0 Å². The number of non-ortho nitro benzene ring substituents is 1. The van der Waals surface area contributed by atoms with Crippen LogP contribution < -0.4 is 5.43 Å². The van der Waals surface area contributed by atoms with Crippen molar-refractivity contribution in [2.24, 2.45) is 5.10 Å². The van der Waals surface area contributed by atoms with E-state index in [0.717, 1.165) is 22.3 Å². The van der Waals surface area contributed by atoms with Crippen molar-refractivity contribution in [3.63, 3.8) is 0 Å². The maximum Gasteiger partial charge on any atom is 0.269 e. The minimum atomic E-state index is -0.427. The standard InChI is InChI=1S/C20H14N8O2/c29-28(30)14-9-7-13(8-10-14)27-11-3-4-15(27)12-21-25-20-23-19-18(24-26-20)16-5-1-2-6-17(16)22-19/h1-12H,(H2,22,23,25,26)/b21-12+. The number of hydrogen-bond acceptors (Lipinski definition) is 7. The number of fused-ring (bicyclic) bond motifs is 3. The molecule has 0 saturated heterocycles. The van der Waals surface area contributed by atoms with Crippen molar-refractivity contribution in [2.45, 2.75) is 0 Å². The molecule has 0 spiro atoms. The Balaban J connectivity index is 1.37. The molecule has 3 aromatic heterocycles. The van der Waals surface area contributed by atoms with Crippen LogP contribution in [0.2, 0.25) is 0 Å². The van der Waals surface area contributed by atoms with Gasteiger partial charge in [-0.05, 0) is 30.3 Å². The van der Waals surface area contributed by atoms with Crippen molar-refractivity contribution >= 4 is 39.9 Å². The first-order valence-corrected chi connectivity index (χ1v) is 9.01. The number of aromatic amines is 1. The van der Waals surface area contributed by atoms with Crippen LogP contribution in [-0.4, -0.2) is 35.9 Å². The zero-order valence-electron chi connectivity index (χ0n) is 15.4. The van der Waals surface area contributed by atoms with Crippen molar-refractivity contribution in [3.05, 3.63) is 82.7 Å². The summed E-state index contributed by atoms with van der Waals surface area (Å²) in [6.07, 6.45) is 3.46. The molecule has 3 heterocycles. The van der Waals surface area contributed by atoms with E-state index in [0.29, 0.717) is 11.2 Å². The minimum Gasteiger partial charge on any atom is -0.338 e. The van der Waals surface area contributed by atoms with Gasteiger partial charge in [-0.3, -0.25) is 10.1 Å². The van der Waals surface area contributed by atoms with Crippen molar-refractivity contribution in [2.75, 3.05) is 5.43 Å². The molecule has 146 valence electrons. The Morgan fingerprint density at radius 1 is 1.07 bits per heavy atom. The Kier molecular flexibility index (Phi) is 4.14. The van der Waals surface area contributed by atoms with E-state index in [1.807, 2.05) is 47.2 Å². The largest absolute Gasteiger partial charge is 0.338 e. The van der Waals surface area contributed by atoms with E-state index in [1.165, 1.54) is 12.1 Å². The lowest BCUT2D eigenvalue weighted by molar-refractivity contribution is -0.384. The van der Waals surface area contributed by atoms with Gasteiger partial charge in [0.1, 0.15) is 5.52 Å². The number of nitro groups is 1. The minimum absolute atomic E-state index is 0.0415. The molecule has 2 aromatic carbocycles. The van der Waals surface area contributed by atoms with Gasteiger partial charge in [0.15, 0.2) is 5.65 Å². The Bertz CT molecular complexity index is 1400. The molecule has 0 saturated carbocycles. The molecule has 10 heteroatoms. The van der Waals surface area contributed by atoms with Gasteiger partial charge in [-0.15, -0.1) is 10.2 Å². The summed E-state index contributed by atoms with van der Waals surface area (Å²) in [5.74, 6) is 0.263. The van der Waals surface area contributed by atoms with Crippen LogP contribution in [0, 0.1) is 10.1 Å². The molecule has 5 rings (SSSR count). The van der Waals surface area contributed by atoms with Crippen molar-refractivity contribution in [3.8, 4) is 5.69 Å². The van der Waals surface area contributed by atoms with Gasteiger partial charge >= 0.3 is 0 Å². The van der Waals surface area contributed by atoms with Gasteiger partial charge in [-0.25, -0.2) is 5.43 Å². The molecule has 0 amide bonds. The highest BCUT2D eigenvalue weighted by Crippen LogP contribution is 2.22. The number of nitro benzene ring substituents is 1. The van der Waals surface area contributed by atoms with E-state index < -0.39 is 4.92 Å². The summed E-state index contributed by atoms with van der Waals surface area (Å²) in [7, 11) is 0. The molecular formula is C20H14N8O2. The number of benzene rings is 2. The predicted molar refractivity (Wildman–Crippen MR) is 113 cm³/mol. The third kappa shape index (κ3) is 3.11. The van der Waals surface area contributed by atoms with Crippen molar-refractivity contribution in [1.82, 2.24) is 24.7 Å². The first kappa shape index (κ1) is 17.5. The highest BCUT2D eigenvalue weighted by molar-refractivity contribution is 6.03. The summed E-state index contributed by atoms with van der Waals surface area (Å²) in [5.41, 5.74) is 6.65. The Labute approximate surface area is 169 Å². The molecule has 30 heavy (non-hydrogen) atoms. The lowest BCUT2D eigenvalue weighted by atomic mass is 10.2. The fourth-order valence-corrected chi connectivity index (χ4v) is 3.19. The van der Waals surface area contributed by atoms with Gasteiger partial charge in [-0.1, -0.05) is 18.2 Å². The summed E-state index contributed by atoms with van der Waals surface area (Å²) in [6.45, 7) is 0. The molecule has 0 fully saturated rings. The predicted octanol–water partition coefficient (Wildman–Crippen LogP) is 3.65. The molecule has 2 N–H and O–H groups in total. The second kappa shape index (κ2) is 7.09. The maximum atomic E-state index is 10.8. The number of rotatable bonds is 5. The summed E-state index contributed by atoms with van der Waals surface area (Å²) < 4.78 is 1.86. The van der Waals surface area contributed by atoms with Crippen LogP contribution in [0.1, 0.15) is 5.69 Å². The third-order valence-corrected chi connectivity index (χ3v) is 4.60. The van der Waals surface area contributed by atoms with Crippen LogP contribution in [0.3, 0.4) is 0 Å². The average molecular weight is 398 g/mol. The molecule has 0 unspecified atom stereocenters. The summed E-state index contributed by atoms with van der Waals surface area (Å²) in [5, 5.41) is 24.3. The molecule has 0 aliphatic carbocycles. The second-order valence-corrected chi connectivity index (χ2v) is 6.45. The van der Waals surface area contributed by atoms with E-state index in [2.05, 4.69) is 30.7 Å². The van der Waals surface area contributed by atoms with Crippen molar-refractivity contribution in [1.29, 1.82) is 0 Å². The number of anilines is 1. The topological polar surface area (TPSA) is 127 Å². The average Bonchev–Trinajstić information content (AvgIpc) is 3.38. The van der Waals surface area contributed by atoms with Crippen LogP contribution in [0.25, 0.3) is 27.8 Å². The molecule has 10 nitrogen and oxygen atoms in total. The summed E-state index contributed by atoms with van der Waals surface area (Å²) in [6, 6.07) is 17.8. The normalized spacial score (nSPS) is 11.5. The van der Waals surface area contributed by atoms with E-state index in [4.69, 9.17) is 0 Å². The number of nitrogens with zero attached hydrogens (tertiary/aromatic N) is 6. The molecule has 0 atom stereocenters. The SMILES string of the molecule is O=[N+]([O-])c1ccc(-n2cccc2/C=N/Nc2nnc3c(n2)[nH]c2ccccc23)cc1. The van der Waals surface area contributed by atoms with Crippen LogP contribution in [0.4, 0.5) is 11.6 Å². The summed E-state index contributed by atoms with van der Waals surface area (Å²) >= 11 is 0. The zero-order chi connectivity index (χ0) is 20.5. The number of aromatic nitrogens is 5. The van der Waals surface area contributed by atoms with Gasteiger partial charge < -0.3 is 9.55 Å². The van der Waals surface area contributed by atoms with E-state index in [-0.39, 0.29) is 11.6 Å². The fraction of sp³-hybridized carbons (Fsp3) is 0. The monoisotopic (exact) mass is 398 g/mol. The zero-order valence-corrected chi connectivity index (χ0v) is 15.4. The number of hydrogen-bond donors (Lipinski definition) is 2. The van der Waals surface area contributed by atoms with Crippen LogP contribution in [-0.2, 0) is 0 Å². The number of H-pyrrole nitrogens is 1. The lowest BCUT2D eigenvalue weighted by Crippen LogP contribution is -2.02. The number of para-hydroxylation sites is 1. The fourth-order valence-electron chi connectivity index (χ4n) is 3.19. The van der Waals surface area contributed by atoms with Crippen LogP contribution in [0.15, 0.2) is 72.0 Å². The van der Waals surface area contributed by atoms with Gasteiger partial charge in [0.25, 0.3) is 11.6 Å². The second-order valence-electron chi connectivity index (χ2n) is 6.45. The number of nitrogens with one attached hydrogen (secondary N) is 2. The van der Waals surface area contributed by atoms with Crippen LogP contribution >= 0.6 is 0 Å². The maximum absolute atomic E-state index is 10.8. The molecule has 0 aliphatic rings. The Hall–Kier alpha value is -4.60. The van der Waals surface area contributed by atoms with Gasteiger partial charge in [0, 0.05) is 34.9 Å². The van der Waals surface area contributed by atoms with Crippen molar-refractivity contribution < 1.29 is 4.92 Å². The summed E-state index contributed by atoms with van der Waals surface area (Å²) in [4.78, 5) is 18.0. The van der Waals surface area contributed by atoms with E-state index in [1.54, 1.807) is 18.3 Å². The molecular weight excluding hydrogens is 384 g/mol. The van der Waals surface area contributed by atoms with Gasteiger partial charge in [0.05, 0.1) is 16.8 Å². The third-order valence-electron chi connectivity index (χ3n) is 4.60. The smallest absolute Gasteiger partial charge is 0.269 e. The Morgan fingerprint density at radius 2 is 1.90 bits per heavy atom. The van der Waals surface area contributed by atoms with Crippen LogP contribution in [0.5, 0.6) is 0 Å². The molecule has 0 aliphatic heterocycles. The first-order chi connectivity index (χ1) is 14.7. The first-order valence-electron chi connectivity index (χ1n) is 9.01. The highest BCUT2D eigenvalue weighted by atomic mass is 16.6.